The Hall–Kier alpha value is 0.779. The summed E-state index contributed by atoms with van der Waals surface area (Å²) in [5.74, 6) is 2.52. The molecule has 4 rings (SSSR count). The second-order valence-electron chi connectivity index (χ2n) is 4.69. The minimum absolute atomic E-state index is 0. The largest absolute Gasteiger partial charge is 0.0802 e. The van der Waals surface area contributed by atoms with Crippen molar-refractivity contribution >= 4 is 0 Å². The van der Waals surface area contributed by atoms with Gasteiger partial charge in [-0.15, -0.1) is 0 Å². The van der Waals surface area contributed by atoms with Gasteiger partial charge >= 0.3 is 0 Å². The second-order valence-corrected chi connectivity index (χ2v) is 4.69. The van der Waals surface area contributed by atoms with Crippen molar-refractivity contribution in [2.24, 2.45) is 0 Å². The van der Waals surface area contributed by atoms with Crippen molar-refractivity contribution in [2.75, 3.05) is 0 Å². The van der Waals surface area contributed by atoms with Crippen molar-refractivity contribution in [3.8, 4) is 0 Å². The van der Waals surface area contributed by atoms with Gasteiger partial charge in [-0.25, -0.2) is 0 Å². The van der Waals surface area contributed by atoms with E-state index in [1.807, 2.05) is 89.9 Å². The quantitative estimate of drug-likeness (QED) is 0.608. The fourth-order valence-electron chi connectivity index (χ4n) is 1.83. The van der Waals surface area contributed by atoms with Gasteiger partial charge in [0.1, 0.15) is 0 Å². The fraction of sp³-hybridized carbons (Fsp3) is 0. The third-order valence-corrected chi connectivity index (χ3v) is 2.96. The molecule has 0 unspecified atom stereocenters. The molecule has 0 atom stereocenters. The molecule has 0 amide bonds. The average molecular weight is 396 g/mol. The first-order valence-corrected chi connectivity index (χ1v) is 7.40. The Morgan fingerprint density at radius 3 is 0.750 bits per heavy atom. The SMILES string of the molecule is [CH]1[CH][CH][CH][CH]1.[CH]1[CH][CH][CH][CH]1.[CH]1[CH][CH][C](/C=C/[C]2[CH][CH][CH][CH]2)[CH]1.[Fe].[Fe]. The van der Waals surface area contributed by atoms with Crippen molar-refractivity contribution in [3.63, 3.8) is 0 Å². The van der Waals surface area contributed by atoms with E-state index in [0.29, 0.717) is 0 Å². The first-order chi connectivity index (χ1) is 10.9. The molecule has 0 aromatic heterocycles. The Balaban J connectivity index is 0.000000370. The molecule has 0 aromatic carbocycles. The van der Waals surface area contributed by atoms with Crippen LogP contribution in [0.15, 0.2) is 12.2 Å². The van der Waals surface area contributed by atoms with Crippen LogP contribution in [-0.4, -0.2) is 0 Å². The summed E-state index contributed by atoms with van der Waals surface area (Å²) in [4.78, 5) is 0. The molecule has 0 saturated heterocycles. The van der Waals surface area contributed by atoms with Crippen LogP contribution in [0.5, 0.6) is 0 Å². The van der Waals surface area contributed by atoms with E-state index in [1.165, 1.54) is 11.8 Å². The molecule has 4 saturated carbocycles. The molecule has 4 aliphatic carbocycles. The molecule has 0 bridgehead atoms. The molecule has 24 heavy (non-hydrogen) atoms. The summed E-state index contributed by atoms with van der Waals surface area (Å²) in [7, 11) is 0. The van der Waals surface area contributed by atoms with Crippen molar-refractivity contribution in [1.82, 2.24) is 0 Å². The zero-order valence-electron chi connectivity index (χ0n) is 13.3. The second kappa shape index (κ2) is 17.2. The number of rotatable bonds is 2. The zero-order valence-corrected chi connectivity index (χ0v) is 15.5. The van der Waals surface area contributed by atoms with Crippen LogP contribution in [0.4, 0.5) is 0 Å². The topological polar surface area (TPSA) is 0 Å². The number of allylic oxidation sites excluding steroid dienone is 2. The van der Waals surface area contributed by atoms with Crippen molar-refractivity contribution in [3.05, 3.63) is 140 Å². The molecule has 0 nitrogen and oxygen atoms in total. The molecular formula is C22H20Fe2. The van der Waals surface area contributed by atoms with Gasteiger partial charge in [0.05, 0.1) is 0 Å². The van der Waals surface area contributed by atoms with E-state index in [4.69, 9.17) is 0 Å². The van der Waals surface area contributed by atoms with Crippen LogP contribution in [0.2, 0.25) is 0 Å². The van der Waals surface area contributed by atoms with Crippen LogP contribution >= 0.6 is 0 Å². The van der Waals surface area contributed by atoms with Crippen molar-refractivity contribution in [2.45, 2.75) is 0 Å². The van der Waals surface area contributed by atoms with E-state index < -0.39 is 0 Å². The van der Waals surface area contributed by atoms with Crippen LogP contribution in [0.3, 0.4) is 0 Å². The monoisotopic (exact) mass is 396 g/mol. The molecule has 0 aliphatic heterocycles. The van der Waals surface area contributed by atoms with Gasteiger partial charge in [0.2, 0.25) is 0 Å². The van der Waals surface area contributed by atoms with Crippen LogP contribution in [-0.2, 0) is 34.1 Å². The van der Waals surface area contributed by atoms with E-state index in [1.54, 1.807) is 0 Å². The van der Waals surface area contributed by atoms with Crippen molar-refractivity contribution < 1.29 is 34.1 Å². The zero-order chi connectivity index (χ0) is 15.3. The Morgan fingerprint density at radius 2 is 0.542 bits per heavy atom. The Bertz CT molecular complexity index is 224. The van der Waals surface area contributed by atoms with Crippen LogP contribution in [0, 0.1) is 127 Å². The third kappa shape index (κ3) is 12.2. The van der Waals surface area contributed by atoms with Gasteiger partial charge in [0.15, 0.2) is 0 Å². The Morgan fingerprint density at radius 1 is 0.333 bits per heavy atom. The molecule has 0 aromatic rings. The summed E-state index contributed by atoms with van der Waals surface area (Å²) < 4.78 is 0. The summed E-state index contributed by atoms with van der Waals surface area (Å²) in [5, 5.41) is 0. The first-order valence-electron chi connectivity index (χ1n) is 7.40. The first kappa shape index (κ1) is 24.8. The predicted molar refractivity (Wildman–Crippen MR) is 93.0 cm³/mol. The maximum absolute atomic E-state index is 2.12. The number of hydrogen-bond acceptors (Lipinski definition) is 0. The van der Waals surface area contributed by atoms with Gasteiger partial charge in [-0.05, 0) is 116 Å². The summed E-state index contributed by atoms with van der Waals surface area (Å²) in [5.41, 5.74) is 0. The van der Waals surface area contributed by atoms with Gasteiger partial charge < -0.3 is 0 Å². The molecule has 4 fully saturated rings. The molecule has 0 N–H and O–H groups in total. The van der Waals surface area contributed by atoms with E-state index in [9.17, 15) is 0 Å². The normalized spacial score (nSPS) is 23.8. The molecular weight excluding hydrogens is 376 g/mol. The molecule has 4 aliphatic rings. The van der Waals surface area contributed by atoms with Crippen LogP contribution in [0.1, 0.15) is 0 Å². The maximum Gasteiger partial charge on any atom is 0.00469 e. The average Bonchev–Trinajstić information content (AvgIpc) is 3.41. The molecule has 0 heterocycles. The van der Waals surface area contributed by atoms with E-state index in [-0.39, 0.29) is 34.1 Å². The standard InChI is InChI=1S/C12H10.2C5H5.2Fe/c1-2-6-11(5-1)9-10-12-7-3-4-8-12;2*1-2-4-5-3-1;;/h1-10H;2*1-5H;;/b10-9+;;;;. The third-order valence-electron chi connectivity index (χ3n) is 2.96. The summed E-state index contributed by atoms with van der Waals surface area (Å²) in [6.07, 6.45) is 40.8. The van der Waals surface area contributed by atoms with Crippen molar-refractivity contribution in [1.29, 1.82) is 0 Å². The van der Waals surface area contributed by atoms with Crippen LogP contribution in [0.25, 0.3) is 0 Å². The number of hydrogen-bond donors (Lipinski definition) is 0. The smallest absolute Gasteiger partial charge is 0.00469 e. The molecule has 20 radical (unpaired) electrons. The molecule has 124 valence electrons. The predicted octanol–water partition coefficient (Wildman–Crippen LogP) is 4.39. The molecule has 2 heteroatoms. The van der Waals surface area contributed by atoms with E-state index >= 15 is 0 Å². The van der Waals surface area contributed by atoms with Gasteiger partial charge in [-0.1, -0.05) is 12.2 Å². The summed E-state index contributed by atoms with van der Waals surface area (Å²) in [6.45, 7) is 0. The maximum atomic E-state index is 2.12. The van der Waals surface area contributed by atoms with Gasteiger partial charge in [0, 0.05) is 46.0 Å². The fourth-order valence-corrected chi connectivity index (χ4v) is 1.83. The van der Waals surface area contributed by atoms with E-state index in [0.717, 1.165) is 0 Å². The van der Waals surface area contributed by atoms with Gasteiger partial charge in [-0.2, -0.15) is 0 Å². The van der Waals surface area contributed by atoms with Gasteiger partial charge in [0.25, 0.3) is 0 Å². The molecule has 0 spiro atoms. The summed E-state index contributed by atoms with van der Waals surface area (Å²) >= 11 is 0. The van der Waals surface area contributed by atoms with Crippen LogP contribution < -0.4 is 0 Å². The Kier molecular flexibility index (Phi) is 17.8. The summed E-state index contributed by atoms with van der Waals surface area (Å²) in [6, 6.07) is 0. The minimum Gasteiger partial charge on any atom is -0.0802 e. The van der Waals surface area contributed by atoms with Gasteiger partial charge in [-0.3, -0.25) is 0 Å². The minimum atomic E-state index is 0. The Labute approximate surface area is 173 Å². The van der Waals surface area contributed by atoms with E-state index in [2.05, 4.69) is 37.8 Å².